The molecular weight excluding hydrogens is 412 g/mol. The number of amides is 2. The lowest BCUT2D eigenvalue weighted by molar-refractivity contribution is -0.139. The Morgan fingerprint density at radius 2 is 1.52 bits per heavy atom. The molecule has 0 unspecified atom stereocenters. The molecule has 31 heavy (non-hydrogen) atoms. The minimum Gasteiger partial charge on any atom is -0.342 e. The number of likely N-dealkylation sites (tertiary alicyclic amines) is 1. The molecule has 1 saturated heterocycles. The second-order valence-corrected chi connectivity index (χ2v) is 12.0. The van der Waals surface area contributed by atoms with Gasteiger partial charge in [-0.2, -0.15) is 0 Å². The summed E-state index contributed by atoms with van der Waals surface area (Å²) in [4.78, 5) is 27.1. The number of anilines is 1. The molecule has 2 fully saturated rings. The molecule has 0 bridgehead atoms. The third-order valence-electron chi connectivity index (χ3n) is 7.79. The SMILES string of the molecule is O=C(CS(=O)(=O)C1CCN(C(=O)C2CCC2)CC1)Nc1c2c(cc3c1CCC3)CCC2. The van der Waals surface area contributed by atoms with Crippen LogP contribution in [-0.4, -0.2) is 49.2 Å². The fourth-order valence-electron chi connectivity index (χ4n) is 5.79. The molecule has 7 heteroatoms. The van der Waals surface area contributed by atoms with Crippen LogP contribution in [0.15, 0.2) is 6.07 Å². The second-order valence-electron chi connectivity index (χ2n) is 9.74. The van der Waals surface area contributed by atoms with E-state index in [4.69, 9.17) is 0 Å². The molecule has 4 aliphatic rings. The largest absolute Gasteiger partial charge is 0.342 e. The van der Waals surface area contributed by atoms with Gasteiger partial charge in [-0.25, -0.2) is 8.42 Å². The van der Waals surface area contributed by atoms with Gasteiger partial charge in [-0.3, -0.25) is 9.59 Å². The van der Waals surface area contributed by atoms with E-state index in [-0.39, 0.29) is 11.8 Å². The molecule has 168 valence electrons. The van der Waals surface area contributed by atoms with E-state index in [1.54, 1.807) is 0 Å². The summed E-state index contributed by atoms with van der Waals surface area (Å²) in [7, 11) is -3.54. The maximum Gasteiger partial charge on any atom is 0.239 e. The first kappa shape index (κ1) is 21.0. The standard InChI is InChI=1S/C24H32N2O4S/c27-22(25-23-20-8-2-6-17(20)14-18-7-3-9-21(18)23)15-31(29,30)19-10-12-26(13-11-19)24(28)16-4-1-5-16/h14,16,19H,1-13,15H2,(H,25,27). The summed E-state index contributed by atoms with van der Waals surface area (Å²) in [5.74, 6) is -0.547. The van der Waals surface area contributed by atoms with Crippen molar-refractivity contribution in [2.45, 2.75) is 75.9 Å². The Labute approximate surface area is 184 Å². The molecule has 1 heterocycles. The molecule has 0 atom stereocenters. The fraction of sp³-hybridized carbons (Fsp3) is 0.667. The van der Waals surface area contributed by atoms with Crippen molar-refractivity contribution in [1.82, 2.24) is 4.90 Å². The van der Waals surface area contributed by atoms with Crippen LogP contribution in [-0.2, 0) is 45.1 Å². The molecule has 1 aliphatic heterocycles. The van der Waals surface area contributed by atoms with Crippen molar-refractivity contribution in [3.63, 3.8) is 0 Å². The number of piperidine rings is 1. The van der Waals surface area contributed by atoms with E-state index < -0.39 is 26.7 Å². The van der Waals surface area contributed by atoms with Gasteiger partial charge in [0.15, 0.2) is 9.84 Å². The summed E-state index contributed by atoms with van der Waals surface area (Å²) in [6.07, 6.45) is 10.1. The Kier molecular flexibility index (Phi) is 5.57. The lowest BCUT2D eigenvalue weighted by Gasteiger charge is -2.36. The highest BCUT2D eigenvalue weighted by molar-refractivity contribution is 7.92. The van der Waals surface area contributed by atoms with Crippen LogP contribution in [0.2, 0.25) is 0 Å². The quantitative estimate of drug-likeness (QED) is 0.757. The first-order valence-electron chi connectivity index (χ1n) is 11.9. The lowest BCUT2D eigenvalue weighted by Crippen LogP contribution is -2.47. The molecule has 0 spiro atoms. The minimum absolute atomic E-state index is 0.147. The fourth-order valence-corrected chi connectivity index (χ4v) is 7.39. The Morgan fingerprint density at radius 3 is 2.06 bits per heavy atom. The van der Waals surface area contributed by atoms with E-state index in [9.17, 15) is 18.0 Å². The number of sulfone groups is 1. The number of carbonyl (C=O) groups is 2. The number of hydrogen-bond donors (Lipinski definition) is 1. The maximum absolute atomic E-state index is 13.0. The smallest absolute Gasteiger partial charge is 0.239 e. The highest BCUT2D eigenvalue weighted by atomic mass is 32.2. The molecular formula is C24H32N2O4S. The number of aryl methyl sites for hydroxylation is 2. The average molecular weight is 445 g/mol. The number of carbonyl (C=O) groups excluding carboxylic acids is 2. The highest BCUT2D eigenvalue weighted by Gasteiger charge is 2.36. The molecule has 5 rings (SSSR count). The van der Waals surface area contributed by atoms with Crippen LogP contribution >= 0.6 is 0 Å². The summed E-state index contributed by atoms with van der Waals surface area (Å²) in [6.45, 7) is 0.973. The van der Waals surface area contributed by atoms with Crippen molar-refractivity contribution in [3.8, 4) is 0 Å². The van der Waals surface area contributed by atoms with Crippen molar-refractivity contribution < 1.29 is 18.0 Å². The van der Waals surface area contributed by atoms with E-state index in [1.165, 1.54) is 22.3 Å². The van der Waals surface area contributed by atoms with Crippen LogP contribution in [0.5, 0.6) is 0 Å². The van der Waals surface area contributed by atoms with Crippen molar-refractivity contribution in [2.24, 2.45) is 5.92 Å². The number of fused-ring (bicyclic) bond motifs is 2. The third-order valence-corrected chi connectivity index (χ3v) is 9.94. The predicted molar refractivity (Wildman–Crippen MR) is 120 cm³/mol. The molecule has 3 aliphatic carbocycles. The molecule has 1 aromatic rings. The van der Waals surface area contributed by atoms with Crippen LogP contribution in [0.1, 0.15) is 67.2 Å². The summed E-state index contributed by atoms with van der Waals surface area (Å²) in [5, 5.41) is 2.48. The Bertz CT molecular complexity index is 973. The normalized spacial score (nSPS) is 21.5. The Balaban J connectivity index is 1.23. The second kappa shape index (κ2) is 8.23. The maximum atomic E-state index is 13.0. The Hall–Kier alpha value is -1.89. The van der Waals surface area contributed by atoms with Crippen LogP contribution < -0.4 is 5.32 Å². The first-order chi connectivity index (χ1) is 14.9. The molecule has 0 radical (unpaired) electrons. The average Bonchev–Trinajstić information content (AvgIpc) is 3.35. The first-order valence-corrected chi connectivity index (χ1v) is 13.6. The van der Waals surface area contributed by atoms with Gasteiger partial charge in [0.05, 0.1) is 5.25 Å². The highest BCUT2D eigenvalue weighted by Crippen LogP contribution is 2.38. The van der Waals surface area contributed by atoms with E-state index in [2.05, 4.69) is 11.4 Å². The molecule has 6 nitrogen and oxygen atoms in total. The van der Waals surface area contributed by atoms with Gasteiger partial charge in [0.1, 0.15) is 5.75 Å². The third kappa shape index (κ3) is 4.01. The summed E-state index contributed by atoms with van der Waals surface area (Å²) in [6, 6.07) is 2.30. The predicted octanol–water partition coefficient (Wildman–Crippen LogP) is 2.81. The van der Waals surface area contributed by atoms with Crippen LogP contribution in [0.3, 0.4) is 0 Å². The minimum atomic E-state index is -3.54. The number of rotatable bonds is 5. The monoisotopic (exact) mass is 444 g/mol. The summed E-state index contributed by atoms with van der Waals surface area (Å²) in [5.41, 5.74) is 5.98. The number of hydrogen-bond acceptors (Lipinski definition) is 4. The van der Waals surface area contributed by atoms with E-state index in [1.807, 2.05) is 4.90 Å². The lowest BCUT2D eigenvalue weighted by atomic mass is 9.84. The molecule has 1 saturated carbocycles. The van der Waals surface area contributed by atoms with Crippen molar-refractivity contribution in [1.29, 1.82) is 0 Å². The van der Waals surface area contributed by atoms with Gasteiger partial charge in [-0.05, 0) is 86.5 Å². The number of nitrogens with zero attached hydrogens (tertiary/aromatic N) is 1. The summed E-state index contributed by atoms with van der Waals surface area (Å²) >= 11 is 0. The van der Waals surface area contributed by atoms with Gasteiger partial charge in [-0.15, -0.1) is 0 Å². The van der Waals surface area contributed by atoms with Crippen molar-refractivity contribution >= 4 is 27.3 Å². The molecule has 1 aromatic carbocycles. The van der Waals surface area contributed by atoms with E-state index in [0.717, 1.165) is 63.5 Å². The van der Waals surface area contributed by atoms with Crippen LogP contribution in [0.25, 0.3) is 0 Å². The van der Waals surface area contributed by atoms with Crippen molar-refractivity contribution in [2.75, 3.05) is 24.2 Å². The topological polar surface area (TPSA) is 83.6 Å². The zero-order valence-corrected chi connectivity index (χ0v) is 18.9. The van der Waals surface area contributed by atoms with Gasteiger partial charge in [0.2, 0.25) is 11.8 Å². The van der Waals surface area contributed by atoms with Gasteiger partial charge in [0.25, 0.3) is 0 Å². The summed E-state index contributed by atoms with van der Waals surface area (Å²) < 4.78 is 25.9. The van der Waals surface area contributed by atoms with Gasteiger partial charge >= 0.3 is 0 Å². The number of benzene rings is 1. The Morgan fingerprint density at radius 1 is 0.903 bits per heavy atom. The van der Waals surface area contributed by atoms with Gasteiger partial charge in [-0.1, -0.05) is 12.5 Å². The van der Waals surface area contributed by atoms with Gasteiger partial charge in [0, 0.05) is 24.7 Å². The van der Waals surface area contributed by atoms with Gasteiger partial charge < -0.3 is 10.2 Å². The van der Waals surface area contributed by atoms with Crippen molar-refractivity contribution in [3.05, 3.63) is 28.3 Å². The van der Waals surface area contributed by atoms with E-state index >= 15 is 0 Å². The van der Waals surface area contributed by atoms with Crippen LogP contribution in [0, 0.1) is 5.92 Å². The zero-order valence-electron chi connectivity index (χ0n) is 18.1. The zero-order chi connectivity index (χ0) is 21.6. The van der Waals surface area contributed by atoms with E-state index in [0.29, 0.717) is 25.9 Å². The van der Waals surface area contributed by atoms with Crippen LogP contribution in [0.4, 0.5) is 5.69 Å². The molecule has 2 amide bonds. The molecule has 1 N–H and O–H groups in total. The molecule has 0 aromatic heterocycles. The number of nitrogens with one attached hydrogen (secondary N) is 1.